The summed E-state index contributed by atoms with van der Waals surface area (Å²) in [4.78, 5) is 2.12. The highest BCUT2D eigenvalue weighted by Gasteiger charge is 2.02. The summed E-state index contributed by atoms with van der Waals surface area (Å²) in [6.45, 7) is 6.19. The van der Waals surface area contributed by atoms with Crippen LogP contribution < -0.4 is 10.2 Å². The van der Waals surface area contributed by atoms with Crippen molar-refractivity contribution in [1.29, 1.82) is 0 Å². The Morgan fingerprint density at radius 3 is 2.58 bits per heavy atom. The summed E-state index contributed by atoms with van der Waals surface area (Å²) < 4.78 is 2.19. The number of nitrogens with one attached hydrogen (secondary N) is 1. The second-order valence-electron chi connectivity index (χ2n) is 5.10. The van der Waals surface area contributed by atoms with E-state index in [0.717, 1.165) is 13.1 Å². The number of rotatable bonds is 5. The van der Waals surface area contributed by atoms with Gasteiger partial charge in [-0.25, -0.2) is 0 Å². The van der Waals surface area contributed by atoms with E-state index in [1.807, 2.05) is 0 Å². The molecule has 1 heterocycles. The molecule has 3 nitrogen and oxygen atoms in total. The summed E-state index contributed by atoms with van der Waals surface area (Å²) in [5.74, 6) is 0. The first-order valence-corrected chi connectivity index (χ1v) is 6.76. The minimum absolute atomic E-state index is 0.870. The number of aromatic nitrogens is 1. The first-order chi connectivity index (χ1) is 9.10. The van der Waals surface area contributed by atoms with E-state index < -0.39 is 0 Å². The predicted octanol–water partition coefficient (Wildman–Crippen LogP) is 3.49. The normalized spacial score (nSPS) is 10.5. The number of nitrogens with zero attached hydrogens (tertiary/aromatic N) is 2. The van der Waals surface area contributed by atoms with Crippen molar-refractivity contribution < 1.29 is 0 Å². The van der Waals surface area contributed by atoms with Gasteiger partial charge in [0.25, 0.3) is 0 Å². The number of hydrogen-bond acceptors (Lipinski definition) is 2. The largest absolute Gasteiger partial charge is 0.381 e. The quantitative estimate of drug-likeness (QED) is 0.884. The topological polar surface area (TPSA) is 20.2 Å². The zero-order valence-corrected chi connectivity index (χ0v) is 12.3. The summed E-state index contributed by atoms with van der Waals surface area (Å²) in [5.41, 5.74) is 5.04. The van der Waals surface area contributed by atoms with E-state index in [9.17, 15) is 0 Å². The lowest BCUT2D eigenvalue weighted by Gasteiger charge is -2.15. The van der Waals surface area contributed by atoms with E-state index in [1.165, 1.54) is 22.5 Å². The molecule has 0 fully saturated rings. The Balaban J connectivity index is 2.03. The minimum Gasteiger partial charge on any atom is -0.381 e. The minimum atomic E-state index is 0.870. The van der Waals surface area contributed by atoms with Crippen LogP contribution in [-0.2, 0) is 13.1 Å². The van der Waals surface area contributed by atoms with E-state index in [2.05, 4.69) is 79.4 Å². The van der Waals surface area contributed by atoms with Crippen LogP contribution in [0.1, 0.15) is 18.1 Å². The molecule has 1 N–H and O–H groups in total. The Hall–Kier alpha value is -1.90. The van der Waals surface area contributed by atoms with Crippen LogP contribution in [0.5, 0.6) is 0 Å². The van der Waals surface area contributed by atoms with Crippen LogP contribution in [0.15, 0.2) is 36.7 Å². The van der Waals surface area contributed by atoms with Crippen LogP contribution in [0, 0.1) is 6.92 Å². The summed E-state index contributed by atoms with van der Waals surface area (Å²) in [7, 11) is 4.13. The molecule has 0 saturated heterocycles. The highest BCUT2D eigenvalue weighted by molar-refractivity contribution is 5.59. The summed E-state index contributed by atoms with van der Waals surface area (Å²) in [6.07, 6.45) is 4.32. The zero-order valence-electron chi connectivity index (χ0n) is 12.3. The van der Waals surface area contributed by atoms with Crippen molar-refractivity contribution >= 4 is 11.4 Å². The van der Waals surface area contributed by atoms with Crippen molar-refractivity contribution in [2.24, 2.45) is 0 Å². The molecule has 0 aliphatic rings. The zero-order chi connectivity index (χ0) is 13.8. The van der Waals surface area contributed by atoms with Gasteiger partial charge < -0.3 is 14.8 Å². The Morgan fingerprint density at radius 1 is 1.21 bits per heavy atom. The smallest absolute Gasteiger partial charge is 0.0415 e. The van der Waals surface area contributed by atoms with Gasteiger partial charge in [0.15, 0.2) is 0 Å². The molecular formula is C16H23N3. The molecule has 0 bridgehead atoms. The van der Waals surface area contributed by atoms with Gasteiger partial charge in [0.1, 0.15) is 0 Å². The second kappa shape index (κ2) is 5.83. The molecule has 1 aromatic carbocycles. The molecule has 0 spiro atoms. The van der Waals surface area contributed by atoms with E-state index in [0.29, 0.717) is 0 Å². The predicted molar refractivity (Wildman–Crippen MR) is 82.9 cm³/mol. The molecule has 0 amide bonds. The van der Waals surface area contributed by atoms with Crippen LogP contribution in [0.2, 0.25) is 0 Å². The molecule has 2 rings (SSSR count). The molecule has 1 aromatic heterocycles. The van der Waals surface area contributed by atoms with E-state index in [1.54, 1.807) is 0 Å². The Morgan fingerprint density at radius 2 is 2.00 bits per heavy atom. The molecule has 0 saturated carbocycles. The maximum Gasteiger partial charge on any atom is 0.0415 e. The standard InChI is InChI=1S/C16H23N3/c1-5-19-9-8-14(12-19)11-17-16-7-6-15(18(3)4)10-13(16)2/h6-10,12,17H,5,11H2,1-4H3. The van der Waals surface area contributed by atoms with Crippen LogP contribution in [0.4, 0.5) is 11.4 Å². The first kappa shape index (κ1) is 13.5. The van der Waals surface area contributed by atoms with Gasteiger partial charge in [0.2, 0.25) is 0 Å². The van der Waals surface area contributed by atoms with Crippen molar-refractivity contribution in [2.45, 2.75) is 26.9 Å². The van der Waals surface area contributed by atoms with Crippen molar-refractivity contribution in [2.75, 3.05) is 24.3 Å². The van der Waals surface area contributed by atoms with Crippen LogP contribution in [0.25, 0.3) is 0 Å². The monoisotopic (exact) mass is 257 g/mol. The lowest BCUT2D eigenvalue weighted by molar-refractivity contribution is 0.766. The van der Waals surface area contributed by atoms with E-state index in [4.69, 9.17) is 0 Å². The fraction of sp³-hybridized carbons (Fsp3) is 0.375. The molecule has 2 aromatic rings. The second-order valence-corrected chi connectivity index (χ2v) is 5.10. The number of benzene rings is 1. The highest BCUT2D eigenvalue weighted by Crippen LogP contribution is 2.21. The van der Waals surface area contributed by atoms with Gasteiger partial charge in [0.05, 0.1) is 0 Å². The van der Waals surface area contributed by atoms with Gasteiger partial charge in [-0.2, -0.15) is 0 Å². The van der Waals surface area contributed by atoms with Crippen molar-refractivity contribution in [3.05, 3.63) is 47.8 Å². The molecule has 0 atom stereocenters. The fourth-order valence-corrected chi connectivity index (χ4v) is 2.11. The third kappa shape index (κ3) is 3.31. The number of anilines is 2. The Labute approximate surface area is 115 Å². The summed E-state index contributed by atoms with van der Waals surface area (Å²) >= 11 is 0. The van der Waals surface area contributed by atoms with Gasteiger partial charge in [-0.05, 0) is 49.2 Å². The molecule has 19 heavy (non-hydrogen) atoms. The maximum absolute atomic E-state index is 3.50. The average Bonchev–Trinajstić information content (AvgIpc) is 2.85. The van der Waals surface area contributed by atoms with Crippen molar-refractivity contribution in [1.82, 2.24) is 4.57 Å². The molecule has 0 radical (unpaired) electrons. The fourth-order valence-electron chi connectivity index (χ4n) is 2.11. The van der Waals surface area contributed by atoms with Gasteiger partial charge in [-0.1, -0.05) is 0 Å². The van der Waals surface area contributed by atoms with Crippen LogP contribution in [0.3, 0.4) is 0 Å². The van der Waals surface area contributed by atoms with Gasteiger partial charge in [-0.3, -0.25) is 0 Å². The molecule has 0 aliphatic heterocycles. The Bertz CT molecular complexity index is 541. The highest BCUT2D eigenvalue weighted by atomic mass is 15.1. The molecule has 3 heteroatoms. The van der Waals surface area contributed by atoms with Gasteiger partial charge in [0, 0.05) is 51.0 Å². The van der Waals surface area contributed by atoms with E-state index in [-0.39, 0.29) is 0 Å². The molecular weight excluding hydrogens is 234 g/mol. The summed E-state index contributed by atoms with van der Waals surface area (Å²) in [6, 6.07) is 8.67. The first-order valence-electron chi connectivity index (χ1n) is 6.76. The number of aryl methyl sites for hydroxylation is 2. The maximum atomic E-state index is 3.50. The third-order valence-electron chi connectivity index (χ3n) is 3.39. The third-order valence-corrected chi connectivity index (χ3v) is 3.39. The van der Waals surface area contributed by atoms with Gasteiger partial charge in [-0.15, -0.1) is 0 Å². The van der Waals surface area contributed by atoms with E-state index >= 15 is 0 Å². The van der Waals surface area contributed by atoms with Crippen molar-refractivity contribution in [3.8, 4) is 0 Å². The molecule has 0 unspecified atom stereocenters. The lowest BCUT2D eigenvalue weighted by atomic mass is 10.1. The van der Waals surface area contributed by atoms with Crippen LogP contribution >= 0.6 is 0 Å². The average molecular weight is 257 g/mol. The summed E-state index contributed by atoms with van der Waals surface area (Å²) in [5, 5.41) is 3.50. The van der Waals surface area contributed by atoms with Crippen molar-refractivity contribution in [3.63, 3.8) is 0 Å². The van der Waals surface area contributed by atoms with Gasteiger partial charge >= 0.3 is 0 Å². The SMILES string of the molecule is CCn1ccc(CNc2ccc(N(C)C)cc2C)c1. The Kier molecular flexibility index (Phi) is 4.15. The lowest BCUT2D eigenvalue weighted by Crippen LogP contribution is -2.09. The molecule has 102 valence electrons. The van der Waals surface area contributed by atoms with Crippen LogP contribution in [-0.4, -0.2) is 18.7 Å². The molecule has 0 aliphatic carbocycles. The number of hydrogen-bond donors (Lipinski definition) is 1.